The van der Waals surface area contributed by atoms with Gasteiger partial charge in [0.2, 0.25) is 5.91 Å². The molecule has 0 spiro atoms. The van der Waals surface area contributed by atoms with Crippen molar-refractivity contribution >= 4 is 40.0 Å². The highest BCUT2D eigenvalue weighted by atomic mass is 35.5. The Bertz CT molecular complexity index is 869. The minimum atomic E-state index is 0.00727. The van der Waals surface area contributed by atoms with E-state index in [1.54, 1.807) is 12.1 Å². The molecule has 1 aromatic heterocycles. The lowest BCUT2D eigenvalue weighted by Crippen LogP contribution is -2.27. The number of carbonyl (C=O) groups is 1. The van der Waals surface area contributed by atoms with Gasteiger partial charge in [-0.05, 0) is 54.8 Å². The van der Waals surface area contributed by atoms with Crippen molar-refractivity contribution in [3.63, 3.8) is 0 Å². The Kier molecular flexibility index (Phi) is 5.12. The molecule has 3 rings (SSSR count). The molecule has 24 heavy (non-hydrogen) atoms. The van der Waals surface area contributed by atoms with Crippen LogP contribution in [0.1, 0.15) is 16.8 Å². The number of rotatable bonds is 5. The van der Waals surface area contributed by atoms with E-state index >= 15 is 0 Å². The summed E-state index contributed by atoms with van der Waals surface area (Å²) in [6.07, 6.45) is 1.12. The van der Waals surface area contributed by atoms with E-state index in [1.165, 1.54) is 5.56 Å². The zero-order valence-corrected chi connectivity index (χ0v) is 14.8. The fraction of sp³-hybridized carbons (Fsp3) is 0.211. The first-order valence-corrected chi connectivity index (χ1v) is 8.56. The summed E-state index contributed by atoms with van der Waals surface area (Å²) in [7, 11) is 0. The highest BCUT2D eigenvalue weighted by Crippen LogP contribution is 2.25. The van der Waals surface area contributed by atoms with Crippen LogP contribution in [0.15, 0.2) is 42.5 Å². The molecule has 0 saturated carbocycles. The molecule has 3 nitrogen and oxygen atoms in total. The summed E-state index contributed by atoms with van der Waals surface area (Å²) in [5.41, 5.74) is 4.32. The van der Waals surface area contributed by atoms with Gasteiger partial charge in [-0.3, -0.25) is 4.79 Å². The number of amides is 1. The van der Waals surface area contributed by atoms with Crippen LogP contribution < -0.4 is 5.32 Å². The normalized spacial score (nSPS) is 11.0. The highest BCUT2D eigenvalue weighted by Gasteiger charge is 2.10. The summed E-state index contributed by atoms with van der Waals surface area (Å²) in [5.74, 6) is 0.00727. The number of H-pyrrole nitrogens is 1. The molecule has 3 aromatic rings. The van der Waals surface area contributed by atoms with Crippen LogP contribution in [0.2, 0.25) is 10.0 Å². The average molecular weight is 361 g/mol. The third-order valence-electron chi connectivity index (χ3n) is 4.06. The molecule has 2 aromatic carbocycles. The molecule has 0 aliphatic rings. The molecule has 0 fully saturated rings. The first-order chi connectivity index (χ1) is 11.5. The van der Waals surface area contributed by atoms with Gasteiger partial charge >= 0.3 is 0 Å². The number of aromatic nitrogens is 1. The van der Waals surface area contributed by atoms with Gasteiger partial charge in [-0.1, -0.05) is 35.3 Å². The Balaban J connectivity index is 1.60. The maximum absolute atomic E-state index is 12.1. The Morgan fingerprint density at radius 1 is 1.08 bits per heavy atom. The minimum Gasteiger partial charge on any atom is -0.358 e. The number of hydrogen-bond acceptors (Lipinski definition) is 1. The van der Waals surface area contributed by atoms with Gasteiger partial charge in [0.25, 0.3) is 0 Å². The summed E-state index contributed by atoms with van der Waals surface area (Å²) in [4.78, 5) is 15.4. The molecule has 0 radical (unpaired) electrons. The molecule has 0 aliphatic heterocycles. The molecule has 0 unspecified atom stereocenters. The van der Waals surface area contributed by atoms with E-state index < -0.39 is 0 Å². The van der Waals surface area contributed by atoms with Crippen molar-refractivity contribution in [2.24, 2.45) is 0 Å². The predicted octanol–water partition coefficient (Wildman–Crippen LogP) is 4.68. The van der Waals surface area contributed by atoms with E-state index in [-0.39, 0.29) is 5.91 Å². The molecule has 2 N–H and O–H groups in total. The number of nitrogens with one attached hydrogen (secondary N) is 2. The summed E-state index contributed by atoms with van der Waals surface area (Å²) in [6.45, 7) is 2.63. The van der Waals surface area contributed by atoms with Gasteiger partial charge in [0.05, 0.1) is 6.42 Å². The Hall–Kier alpha value is -1.97. The number of carbonyl (C=O) groups excluding carboxylic acids is 1. The van der Waals surface area contributed by atoms with Crippen molar-refractivity contribution in [1.82, 2.24) is 10.3 Å². The zero-order valence-electron chi connectivity index (χ0n) is 13.3. The monoisotopic (exact) mass is 360 g/mol. The van der Waals surface area contributed by atoms with Crippen molar-refractivity contribution in [3.8, 4) is 0 Å². The Morgan fingerprint density at radius 2 is 1.79 bits per heavy atom. The average Bonchev–Trinajstić information content (AvgIpc) is 2.85. The lowest BCUT2D eigenvalue weighted by Gasteiger charge is -2.06. The van der Waals surface area contributed by atoms with Crippen LogP contribution in [-0.2, 0) is 17.6 Å². The van der Waals surface area contributed by atoms with Crippen LogP contribution in [0.3, 0.4) is 0 Å². The smallest absolute Gasteiger partial charge is 0.224 e. The van der Waals surface area contributed by atoms with Crippen LogP contribution in [0.25, 0.3) is 10.9 Å². The number of hydrogen-bond donors (Lipinski definition) is 2. The lowest BCUT2D eigenvalue weighted by atomic mass is 10.1. The van der Waals surface area contributed by atoms with Crippen LogP contribution in [-0.4, -0.2) is 17.4 Å². The SMILES string of the molecule is Cc1[nH]c2ccc(Cl)cc2c1CCNC(=O)Cc1ccc(Cl)cc1. The fourth-order valence-electron chi connectivity index (χ4n) is 2.85. The molecule has 124 valence electrons. The van der Waals surface area contributed by atoms with Gasteiger partial charge in [0.1, 0.15) is 0 Å². The summed E-state index contributed by atoms with van der Waals surface area (Å²) in [5, 5.41) is 5.48. The van der Waals surface area contributed by atoms with Crippen molar-refractivity contribution < 1.29 is 4.79 Å². The van der Waals surface area contributed by atoms with E-state index in [0.29, 0.717) is 18.0 Å². The number of halogens is 2. The van der Waals surface area contributed by atoms with Gasteiger partial charge in [0, 0.05) is 33.2 Å². The number of benzene rings is 2. The molecule has 0 aliphatic carbocycles. The topological polar surface area (TPSA) is 44.9 Å². The molecule has 0 bridgehead atoms. The van der Waals surface area contributed by atoms with Gasteiger partial charge in [0.15, 0.2) is 0 Å². The van der Waals surface area contributed by atoms with Crippen LogP contribution in [0.5, 0.6) is 0 Å². The predicted molar refractivity (Wildman–Crippen MR) is 99.9 cm³/mol. The Morgan fingerprint density at radius 3 is 2.54 bits per heavy atom. The largest absolute Gasteiger partial charge is 0.358 e. The highest BCUT2D eigenvalue weighted by molar-refractivity contribution is 6.31. The van der Waals surface area contributed by atoms with E-state index in [9.17, 15) is 4.79 Å². The van der Waals surface area contributed by atoms with Crippen molar-refractivity contribution in [2.75, 3.05) is 6.54 Å². The summed E-state index contributed by atoms with van der Waals surface area (Å²) >= 11 is 11.9. The maximum atomic E-state index is 12.1. The molecule has 1 heterocycles. The third-order valence-corrected chi connectivity index (χ3v) is 4.54. The molecular formula is C19H18Cl2N2O. The fourth-order valence-corrected chi connectivity index (χ4v) is 3.15. The van der Waals surface area contributed by atoms with E-state index in [1.807, 2.05) is 37.3 Å². The van der Waals surface area contributed by atoms with E-state index in [2.05, 4.69) is 10.3 Å². The zero-order chi connectivity index (χ0) is 17.1. The van der Waals surface area contributed by atoms with Crippen LogP contribution >= 0.6 is 23.2 Å². The molecular weight excluding hydrogens is 343 g/mol. The van der Waals surface area contributed by atoms with Crippen LogP contribution in [0.4, 0.5) is 0 Å². The quantitative estimate of drug-likeness (QED) is 0.681. The minimum absolute atomic E-state index is 0.00727. The van der Waals surface area contributed by atoms with Crippen molar-refractivity contribution in [2.45, 2.75) is 19.8 Å². The second-order valence-electron chi connectivity index (χ2n) is 5.82. The van der Waals surface area contributed by atoms with Crippen molar-refractivity contribution in [1.29, 1.82) is 0 Å². The van der Waals surface area contributed by atoms with Crippen molar-refractivity contribution in [3.05, 3.63) is 69.3 Å². The first kappa shape index (κ1) is 16.9. The summed E-state index contributed by atoms with van der Waals surface area (Å²) < 4.78 is 0. The molecule has 0 saturated heterocycles. The van der Waals surface area contributed by atoms with Gasteiger partial charge < -0.3 is 10.3 Å². The maximum Gasteiger partial charge on any atom is 0.224 e. The standard InChI is InChI=1S/C19H18Cl2N2O/c1-12-16(17-11-15(21)6-7-18(17)23-12)8-9-22-19(24)10-13-2-4-14(20)5-3-13/h2-7,11,23H,8-10H2,1H3,(H,22,24). The lowest BCUT2D eigenvalue weighted by molar-refractivity contribution is -0.120. The second kappa shape index (κ2) is 7.29. The molecule has 0 atom stereocenters. The summed E-state index contributed by atoms with van der Waals surface area (Å²) in [6, 6.07) is 13.1. The van der Waals surface area contributed by atoms with E-state index in [0.717, 1.165) is 33.6 Å². The molecule has 5 heteroatoms. The van der Waals surface area contributed by atoms with Gasteiger partial charge in [-0.15, -0.1) is 0 Å². The second-order valence-corrected chi connectivity index (χ2v) is 6.69. The first-order valence-electron chi connectivity index (χ1n) is 7.81. The van der Waals surface area contributed by atoms with Gasteiger partial charge in [-0.2, -0.15) is 0 Å². The van der Waals surface area contributed by atoms with Crippen LogP contribution in [0, 0.1) is 6.92 Å². The number of aromatic amines is 1. The third kappa shape index (κ3) is 3.92. The number of fused-ring (bicyclic) bond motifs is 1. The molecule has 1 amide bonds. The Labute approximate surface area is 151 Å². The number of aryl methyl sites for hydroxylation is 1. The van der Waals surface area contributed by atoms with E-state index in [4.69, 9.17) is 23.2 Å². The van der Waals surface area contributed by atoms with Gasteiger partial charge in [-0.25, -0.2) is 0 Å².